The summed E-state index contributed by atoms with van der Waals surface area (Å²) in [6.45, 7) is 2.37. The smallest absolute Gasteiger partial charge is 0.341 e. The minimum absolute atomic E-state index is 0.235. The Hall–Kier alpha value is -4.05. The topological polar surface area (TPSA) is 98.2 Å². The van der Waals surface area contributed by atoms with Gasteiger partial charge in [-0.3, -0.25) is 4.90 Å². The summed E-state index contributed by atoms with van der Waals surface area (Å²) >= 11 is 0. The minimum Gasteiger partial charge on any atom is -0.462 e. The largest absolute Gasteiger partial charge is 0.462 e. The van der Waals surface area contributed by atoms with E-state index in [1.165, 1.54) is 11.1 Å². The van der Waals surface area contributed by atoms with Crippen molar-refractivity contribution < 1.29 is 14.3 Å². The van der Waals surface area contributed by atoms with E-state index >= 15 is 0 Å². The molecule has 2 amide bonds. The first-order valence-corrected chi connectivity index (χ1v) is 9.67. The molecule has 0 bridgehead atoms. The maximum atomic E-state index is 12.9. The lowest BCUT2D eigenvalue weighted by molar-refractivity contribution is -0.136. The van der Waals surface area contributed by atoms with Crippen molar-refractivity contribution in [1.29, 1.82) is 5.26 Å². The average Bonchev–Trinajstić information content (AvgIpc) is 3.01. The van der Waals surface area contributed by atoms with Crippen LogP contribution in [0.3, 0.4) is 0 Å². The number of esters is 1. The van der Waals surface area contributed by atoms with Crippen LogP contribution in [0.1, 0.15) is 23.7 Å². The fourth-order valence-electron chi connectivity index (χ4n) is 3.59. The van der Waals surface area contributed by atoms with Crippen molar-refractivity contribution in [3.63, 3.8) is 0 Å². The van der Waals surface area contributed by atoms with Gasteiger partial charge in [-0.1, -0.05) is 24.3 Å². The molecule has 0 saturated heterocycles. The van der Waals surface area contributed by atoms with Crippen molar-refractivity contribution in [2.75, 3.05) is 18.5 Å². The number of nitriles is 1. The van der Waals surface area contributed by atoms with Gasteiger partial charge in [-0.15, -0.1) is 0 Å². The summed E-state index contributed by atoms with van der Waals surface area (Å²) in [5.41, 5.74) is 3.86. The lowest BCUT2D eigenvalue weighted by Gasteiger charge is -2.18. The molecule has 7 nitrogen and oxygen atoms in total. The molecule has 7 heteroatoms. The number of amides is 2. The summed E-state index contributed by atoms with van der Waals surface area (Å²) < 4.78 is 5.24. The first kappa shape index (κ1) is 19.3. The predicted molar refractivity (Wildman–Crippen MR) is 113 cm³/mol. The molecule has 1 aliphatic heterocycles. The highest BCUT2D eigenvalue weighted by molar-refractivity contribution is 6.18. The fourth-order valence-corrected chi connectivity index (χ4v) is 3.59. The number of nitrogens with one attached hydrogen (secondary N) is 2. The maximum absolute atomic E-state index is 12.9. The number of carbonyl (C=O) groups is 2. The highest BCUT2D eigenvalue weighted by Crippen LogP contribution is 2.31. The molecule has 30 heavy (non-hydrogen) atoms. The molecule has 0 unspecified atom stereocenters. The van der Waals surface area contributed by atoms with Crippen molar-refractivity contribution in [3.8, 4) is 6.07 Å². The van der Waals surface area contributed by atoms with E-state index in [4.69, 9.17) is 10.00 Å². The van der Waals surface area contributed by atoms with E-state index in [0.29, 0.717) is 35.5 Å². The molecular formula is C23H20N4O3. The van der Waals surface area contributed by atoms with Gasteiger partial charge in [-0.05, 0) is 43.2 Å². The Kier molecular flexibility index (Phi) is 5.22. The summed E-state index contributed by atoms with van der Waals surface area (Å²) in [5, 5.41) is 12.9. The summed E-state index contributed by atoms with van der Waals surface area (Å²) in [5.74, 6) is -0.489. The molecule has 2 N–H and O–H groups in total. The highest BCUT2D eigenvalue weighted by Gasteiger charge is 2.27. The molecule has 2 aromatic carbocycles. The number of aromatic amines is 1. The molecule has 0 saturated carbocycles. The van der Waals surface area contributed by atoms with Gasteiger partial charge in [-0.25, -0.2) is 9.59 Å². The van der Waals surface area contributed by atoms with Gasteiger partial charge in [0.1, 0.15) is 0 Å². The van der Waals surface area contributed by atoms with Crippen LogP contribution in [0.4, 0.5) is 10.5 Å². The van der Waals surface area contributed by atoms with Gasteiger partial charge in [-0.2, -0.15) is 5.26 Å². The molecule has 0 aliphatic carbocycles. The van der Waals surface area contributed by atoms with Gasteiger partial charge in [0.05, 0.1) is 29.5 Å². The van der Waals surface area contributed by atoms with Crippen molar-refractivity contribution >= 4 is 34.2 Å². The van der Waals surface area contributed by atoms with E-state index < -0.39 is 5.97 Å². The van der Waals surface area contributed by atoms with Crippen LogP contribution in [0, 0.1) is 11.3 Å². The summed E-state index contributed by atoms with van der Waals surface area (Å²) in [7, 11) is 0. The Morgan fingerprint density at radius 1 is 1.23 bits per heavy atom. The number of para-hydroxylation sites is 1. The Labute approximate surface area is 173 Å². The Morgan fingerprint density at radius 2 is 2.07 bits per heavy atom. The first-order valence-electron chi connectivity index (χ1n) is 9.67. The highest BCUT2D eigenvalue weighted by atomic mass is 16.5. The Balaban J connectivity index is 1.69. The Bertz CT molecular complexity index is 1200. The summed E-state index contributed by atoms with van der Waals surface area (Å²) in [4.78, 5) is 30.4. The van der Waals surface area contributed by atoms with Crippen LogP contribution >= 0.6 is 0 Å². The summed E-state index contributed by atoms with van der Waals surface area (Å²) in [6.07, 6.45) is 2.10. The molecule has 150 valence electrons. The van der Waals surface area contributed by atoms with Crippen molar-refractivity contribution in [3.05, 3.63) is 71.6 Å². The second-order valence-corrected chi connectivity index (χ2v) is 6.85. The third-order valence-electron chi connectivity index (χ3n) is 4.97. The standard InChI is InChI=1S/C23H20N4O3/c1-2-30-22(28)19-14-27(23(29)25-16-7-5-6-15(12-16)13-24)11-10-18-17-8-3-4-9-20(17)26-21(18)19/h3-9,12,14,26H,2,10-11H2,1H3,(H,25,29). The van der Waals surface area contributed by atoms with Gasteiger partial charge >= 0.3 is 12.0 Å². The molecule has 4 rings (SSSR count). The van der Waals surface area contributed by atoms with Crippen molar-refractivity contribution in [2.24, 2.45) is 0 Å². The van der Waals surface area contributed by atoms with Gasteiger partial charge in [0, 0.05) is 29.3 Å². The lowest BCUT2D eigenvalue weighted by atomic mass is 10.0. The van der Waals surface area contributed by atoms with Gasteiger partial charge < -0.3 is 15.0 Å². The van der Waals surface area contributed by atoms with Crippen LogP contribution in [0.15, 0.2) is 54.7 Å². The fraction of sp³-hybridized carbons (Fsp3) is 0.174. The minimum atomic E-state index is -0.489. The number of nitrogens with zero attached hydrogens (tertiary/aromatic N) is 2. The van der Waals surface area contributed by atoms with Crippen LogP contribution in [0.25, 0.3) is 16.5 Å². The molecule has 1 aromatic heterocycles. The van der Waals surface area contributed by atoms with E-state index in [0.717, 1.165) is 16.5 Å². The van der Waals surface area contributed by atoms with Crippen LogP contribution in [-0.4, -0.2) is 35.0 Å². The molecule has 0 spiro atoms. The molecule has 3 aromatic rings. The second kappa shape index (κ2) is 8.13. The average molecular weight is 400 g/mol. The van der Waals surface area contributed by atoms with Gasteiger partial charge in [0.15, 0.2) is 0 Å². The van der Waals surface area contributed by atoms with Gasteiger partial charge in [0.25, 0.3) is 0 Å². The number of fused-ring (bicyclic) bond motifs is 3. The van der Waals surface area contributed by atoms with Crippen LogP contribution in [-0.2, 0) is 16.0 Å². The molecule has 2 heterocycles. The lowest BCUT2D eigenvalue weighted by Crippen LogP contribution is -2.32. The number of carbonyl (C=O) groups excluding carboxylic acids is 2. The van der Waals surface area contributed by atoms with Crippen molar-refractivity contribution in [2.45, 2.75) is 13.3 Å². The number of benzene rings is 2. The summed E-state index contributed by atoms with van der Waals surface area (Å²) in [6, 6.07) is 16.2. The number of ether oxygens (including phenoxy) is 1. The van der Waals surface area contributed by atoms with E-state index in [-0.39, 0.29) is 12.6 Å². The van der Waals surface area contributed by atoms with Crippen LogP contribution in [0.5, 0.6) is 0 Å². The third-order valence-corrected chi connectivity index (χ3v) is 4.97. The maximum Gasteiger partial charge on any atom is 0.341 e. The molecule has 0 atom stereocenters. The number of hydrogen-bond donors (Lipinski definition) is 2. The quantitative estimate of drug-likeness (QED) is 0.649. The number of aromatic nitrogens is 1. The second-order valence-electron chi connectivity index (χ2n) is 6.85. The zero-order valence-corrected chi connectivity index (χ0v) is 16.4. The molecular weight excluding hydrogens is 380 g/mol. The van der Waals surface area contributed by atoms with E-state index in [1.807, 2.05) is 30.3 Å². The number of rotatable bonds is 3. The number of urea groups is 1. The van der Waals surface area contributed by atoms with E-state index in [9.17, 15) is 9.59 Å². The molecule has 0 fully saturated rings. The van der Waals surface area contributed by atoms with Gasteiger partial charge in [0.2, 0.25) is 0 Å². The third kappa shape index (κ3) is 3.63. The zero-order valence-electron chi connectivity index (χ0n) is 16.4. The van der Waals surface area contributed by atoms with E-state index in [2.05, 4.69) is 10.3 Å². The number of hydrogen-bond acceptors (Lipinski definition) is 4. The molecule has 0 radical (unpaired) electrons. The zero-order chi connectivity index (χ0) is 21.1. The van der Waals surface area contributed by atoms with E-state index in [1.54, 1.807) is 31.2 Å². The molecule has 1 aliphatic rings. The van der Waals surface area contributed by atoms with Crippen molar-refractivity contribution in [1.82, 2.24) is 9.88 Å². The SMILES string of the molecule is CCOC(=O)C1=CN(C(=O)Nc2cccc(C#N)c2)CCc2c1[nH]c1ccccc21. The number of H-pyrrole nitrogens is 1. The number of anilines is 1. The Morgan fingerprint density at radius 3 is 2.87 bits per heavy atom. The normalized spacial score (nSPS) is 13.1. The first-order chi connectivity index (χ1) is 14.6. The predicted octanol–water partition coefficient (Wildman–Crippen LogP) is 4.03. The van der Waals surface area contributed by atoms with Crippen LogP contribution in [0.2, 0.25) is 0 Å². The monoisotopic (exact) mass is 400 g/mol. The van der Waals surface area contributed by atoms with Crippen LogP contribution < -0.4 is 5.32 Å².